The number of fused-ring (bicyclic) bond motifs is 3. The van der Waals surface area contributed by atoms with Gasteiger partial charge in [-0.15, -0.1) is 0 Å². The molecule has 1 atom stereocenters. The maximum atomic E-state index is 13.5. The van der Waals surface area contributed by atoms with Crippen molar-refractivity contribution in [2.75, 3.05) is 18.5 Å². The first-order valence-corrected chi connectivity index (χ1v) is 11.2. The lowest BCUT2D eigenvalue weighted by Crippen LogP contribution is -2.31. The molecule has 0 aliphatic heterocycles. The number of carbonyl (C=O) groups excluding carboxylic acids is 2. The molecule has 180 valence electrons. The highest BCUT2D eigenvalue weighted by Gasteiger charge is 2.29. The van der Waals surface area contributed by atoms with Crippen molar-refractivity contribution in [2.45, 2.75) is 19.3 Å². The van der Waals surface area contributed by atoms with Crippen molar-refractivity contribution in [3.8, 4) is 11.1 Å². The summed E-state index contributed by atoms with van der Waals surface area (Å²) in [6.07, 6.45) is -0.586. The molecular formula is C27H25FN2O5. The number of halogens is 1. The molecular weight excluding hydrogens is 451 g/mol. The van der Waals surface area contributed by atoms with Crippen LogP contribution in [0.1, 0.15) is 40.7 Å². The van der Waals surface area contributed by atoms with E-state index in [4.69, 9.17) is 4.74 Å². The van der Waals surface area contributed by atoms with Gasteiger partial charge in [0.15, 0.2) is 0 Å². The Kier molecular flexibility index (Phi) is 7.10. The molecule has 1 unspecified atom stereocenters. The van der Waals surface area contributed by atoms with Gasteiger partial charge in [0.2, 0.25) is 5.91 Å². The van der Waals surface area contributed by atoms with Crippen LogP contribution in [-0.4, -0.2) is 36.2 Å². The van der Waals surface area contributed by atoms with Gasteiger partial charge < -0.3 is 20.5 Å². The van der Waals surface area contributed by atoms with Crippen molar-refractivity contribution in [3.63, 3.8) is 0 Å². The topological polar surface area (TPSA) is 105 Å². The number of carbonyl (C=O) groups is 3. The number of amides is 2. The van der Waals surface area contributed by atoms with Crippen molar-refractivity contribution in [1.82, 2.24) is 5.32 Å². The van der Waals surface area contributed by atoms with E-state index in [9.17, 15) is 23.9 Å². The molecule has 0 spiro atoms. The summed E-state index contributed by atoms with van der Waals surface area (Å²) in [7, 11) is 0. The quantitative estimate of drug-likeness (QED) is 0.423. The van der Waals surface area contributed by atoms with Crippen LogP contribution in [0, 0.1) is 11.7 Å². The number of hydrogen-bond donors (Lipinski definition) is 3. The van der Waals surface area contributed by atoms with E-state index in [1.807, 2.05) is 36.4 Å². The van der Waals surface area contributed by atoms with Crippen LogP contribution in [-0.2, 0) is 9.53 Å². The van der Waals surface area contributed by atoms with Crippen LogP contribution in [0.3, 0.4) is 0 Å². The van der Waals surface area contributed by atoms with Crippen molar-refractivity contribution in [2.24, 2.45) is 5.92 Å². The molecule has 0 saturated carbocycles. The first-order valence-electron chi connectivity index (χ1n) is 11.2. The molecule has 1 aliphatic rings. The van der Waals surface area contributed by atoms with Crippen LogP contribution in [0.2, 0.25) is 0 Å². The van der Waals surface area contributed by atoms with Crippen molar-refractivity contribution in [3.05, 3.63) is 89.2 Å². The number of hydrogen-bond acceptors (Lipinski definition) is 4. The zero-order valence-corrected chi connectivity index (χ0v) is 19.1. The summed E-state index contributed by atoms with van der Waals surface area (Å²) < 4.78 is 19.0. The molecule has 0 fully saturated rings. The normalized spacial score (nSPS) is 12.9. The largest absolute Gasteiger partial charge is 0.478 e. The van der Waals surface area contributed by atoms with E-state index in [2.05, 4.69) is 22.8 Å². The van der Waals surface area contributed by atoms with Gasteiger partial charge in [0.25, 0.3) is 0 Å². The van der Waals surface area contributed by atoms with E-state index in [1.54, 1.807) is 6.92 Å². The fourth-order valence-corrected chi connectivity index (χ4v) is 4.30. The zero-order valence-electron chi connectivity index (χ0n) is 19.1. The van der Waals surface area contributed by atoms with Gasteiger partial charge >= 0.3 is 12.1 Å². The van der Waals surface area contributed by atoms with Crippen LogP contribution in [0.4, 0.5) is 14.9 Å². The standard InChI is InChI=1S/C27H25FN2O5/c1-16(12-25(31)30-24-13-17(28)10-11-22(24)26(32)33)14-29-27(34)35-15-23-20-8-4-2-6-18(20)19-7-3-5-9-21(19)23/h2-11,13,16,23H,12,14-15H2,1H3,(H,29,34)(H,30,31)(H,32,33). The van der Waals surface area contributed by atoms with E-state index in [0.29, 0.717) is 0 Å². The average molecular weight is 477 g/mol. The number of anilines is 1. The molecule has 0 saturated heterocycles. The summed E-state index contributed by atoms with van der Waals surface area (Å²) in [6, 6.07) is 19.2. The van der Waals surface area contributed by atoms with Crippen LogP contribution in [0.25, 0.3) is 11.1 Å². The van der Waals surface area contributed by atoms with Crippen molar-refractivity contribution < 1.29 is 28.6 Å². The number of carboxylic acid groups (broad SMARTS) is 1. The predicted molar refractivity (Wildman–Crippen MR) is 129 cm³/mol. The predicted octanol–water partition coefficient (Wildman–Crippen LogP) is 5.03. The summed E-state index contributed by atoms with van der Waals surface area (Å²) in [5, 5.41) is 14.3. The van der Waals surface area contributed by atoms with Gasteiger partial charge in [-0.3, -0.25) is 4.79 Å². The molecule has 0 bridgehead atoms. The van der Waals surface area contributed by atoms with Crippen LogP contribution in [0.15, 0.2) is 66.7 Å². The Hall–Kier alpha value is -4.20. The molecule has 2 amide bonds. The lowest BCUT2D eigenvalue weighted by atomic mass is 9.98. The Morgan fingerprint density at radius 2 is 1.63 bits per heavy atom. The first kappa shape index (κ1) is 23.9. The van der Waals surface area contributed by atoms with Gasteiger partial charge in [-0.2, -0.15) is 0 Å². The summed E-state index contributed by atoms with van der Waals surface area (Å²) in [6.45, 7) is 2.12. The Bertz CT molecular complexity index is 1230. The van der Waals surface area contributed by atoms with E-state index >= 15 is 0 Å². The maximum Gasteiger partial charge on any atom is 0.407 e. The van der Waals surface area contributed by atoms with E-state index in [0.717, 1.165) is 40.5 Å². The second kappa shape index (κ2) is 10.4. The van der Waals surface area contributed by atoms with Crippen molar-refractivity contribution >= 4 is 23.7 Å². The third-order valence-electron chi connectivity index (χ3n) is 5.96. The van der Waals surface area contributed by atoms with Gasteiger partial charge in [-0.05, 0) is 46.4 Å². The Labute approximate surface area is 201 Å². The van der Waals surface area contributed by atoms with Crippen LogP contribution in [0.5, 0.6) is 0 Å². The van der Waals surface area contributed by atoms with E-state index < -0.39 is 23.8 Å². The first-order chi connectivity index (χ1) is 16.8. The Morgan fingerprint density at radius 1 is 1.00 bits per heavy atom. The highest BCUT2D eigenvalue weighted by molar-refractivity contribution is 6.00. The fourth-order valence-electron chi connectivity index (χ4n) is 4.30. The number of benzene rings is 3. The highest BCUT2D eigenvalue weighted by Crippen LogP contribution is 2.44. The van der Waals surface area contributed by atoms with Gasteiger partial charge in [-0.1, -0.05) is 55.5 Å². The van der Waals surface area contributed by atoms with Crippen molar-refractivity contribution in [1.29, 1.82) is 0 Å². The molecule has 0 radical (unpaired) electrons. The molecule has 0 heterocycles. The number of ether oxygens (including phenoxy) is 1. The lowest BCUT2D eigenvalue weighted by Gasteiger charge is -2.16. The van der Waals surface area contributed by atoms with Crippen LogP contribution < -0.4 is 10.6 Å². The highest BCUT2D eigenvalue weighted by atomic mass is 19.1. The van der Waals surface area contributed by atoms with Gasteiger partial charge in [-0.25, -0.2) is 14.0 Å². The molecule has 8 heteroatoms. The van der Waals surface area contributed by atoms with Gasteiger partial charge in [0.1, 0.15) is 12.4 Å². The van der Waals surface area contributed by atoms with Gasteiger partial charge in [0, 0.05) is 18.9 Å². The SMILES string of the molecule is CC(CNC(=O)OCC1c2ccccc2-c2ccccc21)CC(=O)Nc1cc(F)ccc1C(=O)O. The lowest BCUT2D eigenvalue weighted by molar-refractivity contribution is -0.116. The molecule has 7 nitrogen and oxygen atoms in total. The third-order valence-corrected chi connectivity index (χ3v) is 5.96. The van der Waals surface area contributed by atoms with E-state index in [1.165, 1.54) is 0 Å². The minimum atomic E-state index is -1.27. The smallest absolute Gasteiger partial charge is 0.407 e. The number of alkyl carbamates (subject to hydrolysis) is 1. The molecule has 3 N–H and O–H groups in total. The Morgan fingerprint density at radius 3 is 2.26 bits per heavy atom. The monoisotopic (exact) mass is 476 g/mol. The number of carboxylic acids is 1. The summed E-state index contributed by atoms with van der Waals surface area (Å²) >= 11 is 0. The second-order valence-electron chi connectivity index (χ2n) is 8.56. The molecule has 35 heavy (non-hydrogen) atoms. The molecule has 0 aromatic heterocycles. The van der Waals surface area contributed by atoms with Crippen LogP contribution >= 0.6 is 0 Å². The summed E-state index contributed by atoms with van der Waals surface area (Å²) in [4.78, 5) is 35.9. The number of nitrogens with one attached hydrogen (secondary N) is 2. The molecule has 3 aromatic carbocycles. The minimum absolute atomic E-state index is 0.000766. The van der Waals surface area contributed by atoms with E-state index in [-0.39, 0.29) is 42.7 Å². The molecule has 1 aliphatic carbocycles. The number of rotatable bonds is 8. The zero-order chi connectivity index (χ0) is 24.9. The number of aromatic carboxylic acids is 1. The maximum absolute atomic E-state index is 13.5. The molecule has 3 aromatic rings. The summed E-state index contributed by atoms with van der Waals surface area (Å²) in [5.41, 5.74) is 4.19. The minimum Gasteiger partial charge on any atom is -0.478 e. The summed E-state index contributed by atoms with van der Waals surface area (Å²) in [5.74, 6) is -2.73. The average Bonchev–Trinajstić information content (AvgIpc) is 3.15. The fraction of sp³-hybridized carbons (Fsp3) is 0.222. The van der Waals surface area contributed by atoms with Gasteiger partial charge in [0.05, 0.1) is 11.3 Å². The second-order valence-corrected chi connectivity index (χ2v) is 8.56. The third kappa shape index (κ3) is 5.48. The molecule has 4 rings (SSSR count). The Balaban J connectivity index is 1.27.